The molecule has 0 saturated heterocycles. The van der Waals surface area contributed by atoms with Gasteiger partial charge >= 0.3 is 0 Å². The van der Waals surface area contributed by atoms with E-state index < -0.39 is 0 Å². The van der Waals surface area contributed by atoms with Crippen LogP contribution in [-0.2, 0) is 0 Å². The van der Waals surface area contributed by atoms with Gasteiger partial charge in [0.25, 0.3) is 5.91 Å². The Morgan fingerprint density at radius 1 is 1.28 bits per heavy atom. The molecule has 2 aromatic rings. The van der Waals surface area contributed by atoms with Crippen LogP contribution in [0.5, 0.6) is 0 Å². The highest BCUT2D eigenvalue weighted by Crippen LogP contribution is 2.19. The van der Waals surface area contributed by atoms with Crippen LogP contribution in [0.1, 0.15) is 20.9 Å². The molecule has 2 rings (SSSR count). The molecule has 2 N–H and O–H groups in total. The molecule has 0 aliphatic rings. The predicted octanol–water partition coefficient (Wildman–Crippen LogP) is 2.45. The van der Waals surface area contributed by atoms with Crippen LogP contribution in [-0.4, -0.2) is 23.2 Å². The molecule has 0 aliphatic carbocycles. The Labute approximate surface area is 109 Å². The van der Waals surface area contributed by atoms with E-state index >= 15 is 0 Å². The van der Waals surface area contributed by atoms with Crippen LogP contribution in [0.4, 0.5) is 10.8 Å². The van der Waals surface area contributed by atoms with Gasteiger partial charge in [-0.1, -0.05) is 29.0 Å². The summed E-state index contributed by atoms with van der Waals surface area (Å²) in [7, 11) is 1.74. The van der Waals surface area contributed by atoms with Crippen molar-refractivity contribution < 1.29 is 4.79 Å². The normalized spacial score (nSPS) is 10.2. The summed E-state index contributed by atoms with van der Waals surface area (Å²) in [4.78, 5) is 11.9. The van der Waals surface area contributed by atoms with Crippen LogP contribution < -0.4 is 10.6 Å². The van der Waals surface area contributed by atoms with Crippen LogP contribution in [0, 0.1) is 13.8 Å². The van der Waals surface area contributed by atoms with E-state index in [0.717, 1.165) is 11.3 Å². The Bertz CT molecular complexity index is 579. The highest BCUT2D eigenvalue weighted by molar-refractivity contribution is 7.17. The van der Waals surface area contributed by atoms with Crippen LogP contribution in [0.2, 0.25) is 0 Å². The van der Waals surface area contributed by atoms with E-state index in [0.29, 0.717) is 10.1 Å². The number of hydrogen-bond acceptors (Lipinski definition) is 5. The van der Waals surface area contributed by atoms with Gasteiger partial charge in [-0.3, -0.25) is 4.79 Å². The number of aryl methyl sites for hydroxylation is 2. The number of nitrogens with one attached hydrogen (secondary N) is 2. The number of anilines is 2. The third-order valence-electron chi connectivity index (χ3n) is 2.46. The van der Waals surface area contributed by atoms with Gasteiger partial charge in [-0.15, -0.1) is 10.2 Å². The van der Waals surface area contributed by atoms with E-state index in [1.54, 1.807) is 7.05 Å². The molecule has 18 heavy (non-hydrogen) atoms. The molecule has 0 aliphatic heterocycles. The molecular formula is C12H14N4OS. The lowest BCUT2D eigenvalue weighted by molar-refractivity contribution is 0.102. The number of aromatic nitrogens is 2. The minimum Gasteiger partial charge on any atom is -0.363 e. The maximum Gasteiger partial charge on any atom is 0.286 e. The molecule has 0 bridgehead atoms. The second-order valence-electron chi connectivity index (χ2n) is 3.93. The molecule has 1 aromatic heterocycles. The summed E-state index contributed by atoms with van der Waals surface area (Å²) < 4.78 is 0. The van der Waals surface area contributed by atoms with Crippen molar-refractivity contribution in [2.24, 2.45) is 0 Å². The lowest BCUT2D eigenvalue weighted by Crippen LogP contribution is -2.12. The summed E-state index contributed by atoms with van der Waals surface area (Å²) in [5, 5.41) is 14.3. The fourth-order valence-corrected chi connectivity index (χ4v) is 2.14. The van der Waals surface area contributed by atoms with Crippen molar-refractivity contribution in [3.63, 3.8) is 0 Å². The minimum atomic E-state index is -0.235. The predicted molar refractivity (Wildman–Crippen MR) is 73.3 cm³/mol. The Balaban J connectivity index is 2.16. The van der Waals surface area contributed by atoms with Crippen molar-refractivity contribution in [2.75, 3.05) is 17.7 Å². The summed E-state index contributed by atoms with van der Waals surface area (Å²) in [6, 6.07) is 5.87. The highest BCUT2D eigenvalue weighted by atomic mass is 32.1. The molecule has 1 amide bonds. The van der Waals surface area contributed by atoms with Crippen molar-refractivity contribution in [1.82, 2.24) is 10.2 Å². The lowest BCUT2D eigenvalue weighted by Gasteiger charge is -2.07. The van der Waals surface area contributed by atoms with Crippen molar-refractivity contribution >= 4 is 28.1 Å². The van der Waals surface area contributed by atoms with Gasteiger partial charge in [0.15, 0.2) is 0 Å². The summed E-state index contributed by atoms with van der Waals surface area (Å²) >= 11 is 1.22. The van der Waals surface area contributed by atoms with Crippen molar-refractivity contribution in [3.8, 4) is 0 Å². The van der Waals surface area contributed by atoms with Gasteiger partial charge in [-0.05, 0) is 25.5 Å². The minimum absolute atomic E-state index is 0.235. The first-order valence-corrected chi connectivity index (χ1v) is 6.31. The van der Waals surface area contributed by atoms with Crippen molar-refractivity contribution in [2.45, 2.75) is 13.8 Å². The molecule has 0 fully saturated rings. The number of carbonyl (C=O) groups is 1. The van der Waals surface area contributed by atoms with Crippen LogP contribution >= 0.6 is 11.3 Å². The number of hydrogen-bond donors (Lipinski definition) is 2. The third-order valence-corrected chi connectivity index (χ3v) is 3.40. The average molecular weight is 262 g/mol. The molecule has 0 unspecified atom stereocenters. The maximum absolute atomic E-state index is 11.9. The Morgan fingerprint density at radius 3 is 2.67 bits per heavy atom. The van der Waals surface area contributed by atoms with Gasteiger partial charge in [-0.2, -0.15) is 0 Å². The number of amides is 1. The first kappa shape index (κ1) is 12.5. The fourth-order valence-electron chi connectivity index (χ4n) is 1.55. The van der Waals surface area contributed by atoms with Gasteiger partial charge in [0.05, 0.1) is 0 Å². The van der Waals surface area contributed by atoms with Crippen LogP contribution in [0.25, 0.3) is 0 Å². The molecule has 1 aromatic carbocycles. The molecule has 0 spiro atoms. The van der Waals surface area contributed by atoms with E-state index in [9.17, 15) is 4.79 Å². The van der Waals surface area contributed by atoms with E-state index in [-0.39, 0.29) is 5.91 Å². The SMILES string of the molecule is CNc1nnc(C(=O)Nc2ccc(C)cc2C)s1. The quantitative estimate of drug-likeness (QED) is 0.891. The van der Waals surface area contributed by atoms with Gasteiger partial charge in [0, 0.05) is 12.7 Å². The largest absolute Gasteiger partial charge is 0.363 e. The van der Waals surface area contributed by atoms with Gasteiger partial charge in [-0.25, -0.2) is 0 Å². The molecule has 1 heterocycles. The topological polar surface area (TPSA) is 66.9 Å². The van der Waals surface area contributed by atoms with E-state index in [1.165, 1.54) is 16.9 Å². The van der Waals surface area contributed by atoms with Crippen molar-refractivity contribution in [1.29, 1.82) is 0 Å². The fraction of sp³-hybridized carbons (Fsp3) is 0.250. The third kappa shape index (κ3) is 2.65. The van der Waals surface area contributed by atoms with Crippen molar-refractivity contribution in [3.05, 3.63) is 34.3 Å². The Kier molecular flexibility index (Phi) is 3.57. The number of nitrogens with zero attached hydrogens (tertiary/aromatic N) is 2. The van der Waals surface area contributed by atoms with E-state index in [2.05, 4.69) is 20.8 Å². The second-order valence-corrected chi connectivity index (χ2v) is 4.91. The van der Waals surface area contributed by atoms with Gasteiger partial charge in [0.2, 0.25) is 10.1 Å². The molecule has 0 atom stereocenters. The first-order valence-electron chi connectivity index (χ1n) is 5.50. The second kappa shape index (κ2) is 5.14. The molecule has 0 saturated carbocycles. The maximum atomic E-state index is 11.9. The molecule has 94 valence electrons. The van der Waals surface area contributed by atoms with Crippen LogP contribution in [0.3, 0.4) is 0 Å². The Hall–Kier alpha value is -1.95. The number of benzene rings is 1. The smallest absolute Gasteiger partial charge is 0.286 e. The molecular weight excluding hydrogens is 248 g/mol. The summed E-state index contributed by atoms with van der Waals surface area (Å²) in [6.07, 6.45) is 0. The summed E-state index contributed by atoms with van der Waals surface area (Å²) in [5.74, 6) is -0.235. The zero-order valence-corrected chi connectivity index (χ0v) is 11.3. The number of carbonyl (C=O) groups excluding carboxylic acids is 1. The Morgan fingerprint density at radius 2 is 2.06 bits per heavy atom. The summed E-state index contributed by atoms with van der Waals surface area (Å²) in [5.41, 5.74) is 2.99. The summed E-state index contributed by atoms with van der Waals surface area (Å²) in [6.45, 7) is 3.98. The van der Waals surface area contributed by atoms with E-state index in [1.807, 2.05) is 32.0 Å². The molecule has 5 nitrogen and oxygen atoms in total. The monoisotopic (exact) mass is 262 g/mol. The zero-order chi connectivity index (χ0) is 13.1. The highest BCUT2D eigenvalue weighted by Gasteiger charge is 2.13. The average Bonchev–Trinajstić information content (AvgIpc) is 2.81. The van der Waals surface area contributed by atoms with Crippen LogP contribution in [0.15, 0.2) is 18.2 Å². The molecule has 0 radical (unpaired) electrons. The van der Waals surface area contributed by atoms with Gasteiger partial charge < -0.3 is 10.6 Å². The van der Waals surface area contributed by atoms with Gasteiger partial charge in [0.1, 0.15) is 0 Å². The standard InChI is InChI=1S/C12H14N4OS/c1-7-4-5-9(8(2)6-7)14-10(17)11-15-16-12(13-3)18-11/h4-6H,1-3H3,(H,13,16)(H,14,17). The molecule has 6 heteroatoms. The zero-order valence-electron chi connectivity index (χ0n) is 10.4. The number of rotatable bonds is 3. The van der Waals surface area contributed by atoms with E-state index in [4.69, 9.17) is 0 Å². The lowest BCUT2D eigenvalue weighted by atomic mass is 10.1. The first-order chi connectivity index (χ1) is 8.60.